The normalized spacial score (nSPS) is 9.71. The van der Waals surface area contributed by atoms with Gasteiger partial charge in [-0.15, -0.1) is 0 Å². The van der Waals surface area contributed by atoms with Crippen LogP contribution in [0, 0.1) is 11.8 Å². The van der Waals surface area contributed by atoms with Crippen LogP contribution >= 0.6 is 0 Å². The Hall–Kier alpha value is -1.30. The van der Waals surface area contributed by atoms with Gasteiger partial charge in [0.2, 0.25) is 0 Å². The van der Waals surface area contributed by atoms with Crippen molar-refractivity contribution >= 4 is 0 Å². The van der Waals surface area contributed by atoms with Crippen molar-refractivity contribution < 1.29 is 5.11 Å². The maximum absolute atomic E-state index is 8.56. The highest BCUT2D eigenvalue weighted by atomic mass is 16.2. The summed E-state index contributed by atoms with van der Waals surface area (Å²) in [6.07, 6.45) is 0. The van der Waals surface area contributed by atoms with Gasteiger partial charge in [0.05, 0.1) is 0 Å². The van der Waals surface area contributed by atoms with Gasteiger partial charge in [-0.2, -0.15) is 0 Å². The quantitative estimate of drug-likeness (QED) is 0.704. The van der Waals surface area contributed by atoms with Crippen molar-refractivity contribution in [3.8, 4) is 11.8 Å². The van der Waals surface area contributed by atoms with E-state index in [0.717, 1.165) is 12.1 Å². The molecule has 0 unspecified atom stereocenters. The number of rotatable bonds is 2. The molecule has 0 fully saturated rings. The summed E-state index contributed by atoms with van der Waals surface area (Å²) in [5.74, 6) is 5.53. The standard InChI is InChI=1S/C12H15NO/c1-13(2)10-12-6-3-5-11(9-12)7-4-8-14/h3,5-6,9,14H,8,10H2,1-2H3. The zero-order valence-corrected chi connectivity index (χ0v) is 8.62. The molecule has 0 saturated heterocycles. The van der Waals surface area contributed by atoms with Gasteiger partial charge < -0.3 is 10.0 Å². The largest absolute Gasteiger partial charge is 0.384 e. The fourth-order valence-electron chi connectivity index (χ4n) is 1.25. The van der Waals surface area contributed by atoms with Crippen molar-refractivity contribution in [1.29, 1.82) is 0 Å². The van der Waals surface area contributed by atoms with Crippen molar-refractivity contribution in [2.24, 2.45) is 0 Å². The lowest BCUT2D eigenvalue weighted by molar-refractivity contribution is 0.350. The van der Waals surface area contributed by atoms with Gasteiger partial charge in [-0.1, -0.05) is 24.0 Å². The van der Waals surface area contributed by atoms with E-state index in [9.17, 15) is 0 Å². The maximum Gasteiger partial charge on any atom is 0.104 e. The first-order chi connectivity index (χ1) is 6.72. The molecule has 1 aromatic rings. The first-order valence-corrected chi connectivity index (χ1v) is 4.56. The van der Waals surface area contributed by atoms with Crippen molar-refractivity contribution in [2.45, 2.75) is 6.54 Å². The van der Waals surface area contributed by atoms with Gasteiger partial charge in [0.15, 0.2) is 0 Å². The Kier molecular flexibility index (Phi) is 4.18. The molecule has 0 atom stereocenters. The maximum atomic E-state index is 8.56. The van der Waals surface area contributed by atoms with E-state index < -0.39 is 0 Å². The number of hydrogen-bond donors (Lipinski definition) is 1. The second kappa shape index (κ2) is 5.43. The fraction of sp³-hybridized carbons (Fsp3) is 0.333. The Balaban J connectivity index is 2.78. The van der Waals surface area contributed by atoms with Gasteiger partial charge >= 0.3 is 0 Å². The molecular formula is C12H15NO. The summed E-state index contributed by atoms with van der Waals surface area (Å²) in [6, 6.07) is 8.05. The van der Waals surface area contributed by atoms with Gasteiger partial charge in [0, 0.05) is 12.1 Å². The molecule has 2 nitrogen and oxygen atoms in total. The zero-order chi connectivity index (χ0) is 10.4. The van der Waals surface area contributed by atoms with Gasteiger partial charge in [-0.25, -0.2) is 0 Å². The lowest BCUT2D eigenvalue weighted by Crippen LogP contribution is -2.10. The van der Waals surface area contributed by atoms with E-state index in [-0.39, 0.29) is 6.61 Å². The van der Waals surface area contributed by atoms with E-state index in [2.05, 4.69) is 22.8 Å². The average molecular weight is 189 g/mol. The molecule has 0 aliphatic rings. The molecule has 0 radical (unpaired) electrons. The van der Waals surface area contributed by atoms with Gasteiger partial charge in [-0.05, 0) is 31.8 Å². The van der Waals surface area contributed by atoms with Crippen molar-refractivity contribution in [1.82, 2.24) is 4.90 Å². The molecular weight excluding hydrogens is 174 g/mol. The number of aliphatic hydroxyl groups excluding tert-OH is 1. The van der Waals surface area contributed by atoms with Gasteiger partial charge in [0.1, 0.15) is 6.61 Å². The smallest absolute Gasteiger partial charge is 0.104 e. The Labute approximate surface area is 85.2 Å². The van der Waals surface area contributed by atoms with Crippen LogP contribution in [0.25, 0.3) is 0 Å². The van der Waals surface area contributed by atoms with Gasteiger partial charge in [0.25, 0.3) is 0 Å². The van der Waals surface area contributed by atoms with E-state index >= 15 is 0 Å². The molecule has 0 amide bonds. The van der Waals surface area contributed by atoms with Gasteiger partial charge in [-0.3, -0.25) is 0 Å². The Bertz CT molecular complexity index is 347. The first kappa shape index (κ1) is 10.8. The molecule has 0 saturated carbocycles. The molecule has 0 aliphatic carbocycles. The highest BCUT2D eigenvalue weighted by Crippen LogP contribution is 2.05. The van der Waals surface area contributed by atoms with Crippen LogP contribution in [0.1, 0.15) is 11.1 Å². The summed E-state index contributed by atoms with van der Waals surface area (Å²) in [5, 5.41) is 8.56. The van der Waals surface area contributed by atoms with Crippen LogP contribution in [0.15, 0.2) is 24.3 Å². The summed E-state index contributed by atoms with van der Waals surface area (Å²) >= 11 is 0. The first-order valence-electron chi connectivity index (χ1n) is 4.56. The predicted octanol–water partition coefficient (Wildman–Crippen LogP) is 1.09. The summed E-state index contributed by atoms with van der Waals surface area (Å²) in [4.78, 5) is 2.11. The molecule has 0 aromatic heterocycles. The van der Waals surface area contributed by atoms with Crippen LogP contribution in [-0.4, -0.2) is 30.7 Å². The number of benzene rings is 1. The number of aliphatic hydroxyl groups is 1. The molecule has 14 heavy (non-hydrogen) atoms. The molecule has 1 rings (SSSR count). The minimum Gasteiger partial charge on any atom is -0.384 e. The van der Waals surface area contributed by atoms with E-state index in [0.29, 0.717) is 0 Å². The second-order valence-electron chi connectivity index (χ2n) is 3.40. The lowest BCUT2D eigenvalue weighted by atomic mass is 10.1. The predicted molar refractivity (Wildman–Crippen MR) is 57.8 cm³/mol. The average Bonchev–Trinajstić information content (AvgIpc) is 2.14. The third-order valence-electron chi connectivity index (χ3n) is 1.74. The summed E-state index contributed by atoms with van der Waals surface area (Å²) in [5.41, 5.74) is 2.19. The van der Waals surface area contributed by atoms with E-state index in [4.69, 9.17) is 5.11 Å². The molecule has 2 heteroatoms. The topological polar surface area (TPSA) is 23.5 Å². The fourth-order valence-corrected chi connectivity index (χ4v) is 1.25. The zero-order valence-electron chi connectivity index (χ0n) is 8.62. The minimum atomic E-state index is -0.0854. The van der Waals surface area contributed by atoms with Crippen LogP contribution in [0.2, 0.25) is 0 Å². The monoisotopic (exact) mass is 189 g/mol. The van der Waals surface area contributed by atoms with Crippen LogP contribution in [-0.2, 0) is 6.54 Å². The van der Waals surface area contributed by atoms with Crippen LogP contribution in [0.4, 0.5) is 0 Å². The van der Waals surface area contributed by atoms with E-state index in [1.165, 1.54) is 5.56 Å². The summed E-state index contributed by atoms with van der Waals surface area (Å²) in [7, 11) is 4.07. The second-order valence-corrected chi connectivity index (χ2v) is 3.40. The number of nitrogens with zero attached hydrogens (tertiary/aromatic N) is 1. The number of hydrogen-bond acceptors (Lipinski definition) is 2. The SMILES string of the molecule is CN(C)Cc1cccc(C#CCO)c1. The van der Waals surface area contributed by atoms with Crippen molar-refractivity contribution in [2.75, 3.05) is 20.7 Å². The molecule has 1 aromatic carbocycles. The molecule has 0 spiro atoms. The highest BCUT2D eigenvalue weighted by Gasteiger charge is 1.95. The van der Waals surface area contributed by atoms with Crippen LogP contribution < -0.4 is 0 Å². The molecule has 0 heterocycles. The Morgan fingerprint density at radius 1 is 1.36 bits per heavy atom. The molecule has 74 valence electrons. The molecule has 1 N–H and O–H groups in total. The lowest BCUT2D eigenvalue weighted by Gasteiger charge is -2.09. The van der Waals surface area contributed by atoms with Crippen LogP contribution in [0.3, 0.4) is 0 Å². The van der Waals surface area contributed by atoms with E-state index in [1.54, 1.807) is 0 Å². The third kappa shape index (κ3) is 3.61. The Morgan fingerprint density at radius 2 is 2.14 bits per heavy atom. The van der Waals surface area contributed by atoms with Crippen molar-refractivity contribution in [3.63, 3.8) is 0 Å². The molecule has 0 aliphatic heterocycles. The Morgan fingerprint density at radius 3 is 2.79 bits per heavy atom. The van der Waals surface area contributed by atoms with E-state index in [1.807, 2.05) is 32.3 Å². The van der Waals surface area contributed by atoms with Crippen molar-refractivity contribution in [3.05, 3.63) is 35.4 Å². The van der Waals surface area contributed by atoms with Crippen LogP contribution in [0.5, 0.6) is 0 Å². The highest BCUT2D eigenvalue weighted by molar-refractivity contribution is 5.37. The summed E-state index contributed by atoms with van der Waals surface area (Å²) in [6.45, 7) is 0.826. The third-order valence-corrected chi connectivity index (χ3v) is 1.74. The minimum absolute atomic E-state index is 0.0854. The molecule has 0 bridgehead atoms. The summed E-state index contributed by atoms with van der Waals surface area (Å²) < 4.78 is 0.